The molecule has 2 heterocycles. The Morgan fingerprint density at radius 2 is 2.14 bits per heavy atom. The molecule has 1 aliphatic heterocycles. The van der Waals surface area contributed by atoms with Gasteiger partial charge in [-0.2, -0.15) is 0 Å². The van der Waals surface area contributed by atoms with Gasteiger partial charge in [0, 0.05) is 5.56 Å². The summed E-state index contributed by atoms with van der Waals surface area (Å²) in [6.45, 7) is 0.337. The Morgan fingerprint density at radius 1 is 1.32 bits per heavy atom. The van der Waals surface area contributed by atoms with Crippen LogP contribution >= 0.6 is 11.8 Å². The second-order valence-electron chi connectivity index (χ2n) is 4.66. The van der Waals surface area contributed by atoms with Crippen molar-refractivity contribution in [2.45, 2.75) is 6.54 Å². The van der Waals surface area contributed by atoms with Crippen molar-refractivity contribution < 1.29 is 14.3 Å². The third kappa shape index (κ3) is 2.78. The van der Waals surface area contributed by atoms with Gasteiger partial charge in [0.1, 0.15) is 17.2 Å². The predicted octanol–water partition coefficient (Wildman–Crippen LogP) is 3.09. The Balaban J connectivity index is 1.90. The number of amides is 1. The molecule has 2 aromatic rings. The van der Waals surface area contributed by atoms with Crippen molar-refractivity contribution >= 4 is 28.9 Å². The summed E-state index contributed by atoms with van der Waals surface area (Å²) in [4.78, 5) is 18.4. The van der Waals surface area contributed by atoms with E-state index in [2.05, 4.69) is 4.99 Å². The van der Waals surface area contributed by atoms with E-state index >= 15 is 0 Å². The van der Waals surface area contributed by atoms with Gasteiger partial charge < -0.3 is 9.52 Å². The van der Waals surface area contributed by atoms with Crippen LogP contribution in [-0.4, -0.2) is 27.3 Å². The summed E-state index contributed by atoms with van der Waals surface area (Å²) < 4.78 is 5.29. The molecule has 0 aliphatic carbocycles. The van der Waals surface area contributed by atoms with Crippen molar-refractivity contribution in [3.8, 4) is 5.75 Å². The van der Waals surface area contributed by atoms with E-state index in [1.54, 1.807) is 47.6 Å². The van der Waals surface area contributed by atoms with Crippen LogP contribution in [0.5, 0.6) is 5.75 Å². The molecule has 0 saturated carbocycles. The fraction of sp³-hybridized carbons (Fsp3) is 0.125. The van der Waals surface area contributed by atoms with Gasteiger partial charge in [-0.25, -0.2) is 4.99 Å². The number of aliphatic imine (C=N–C) groups is 1. The minimum Gasteiger partial charge on any atom is -0.507 e. The molecule has 0 fully saturated rings. The maximum absolute atomic E-state index is 12.5. The highest BCUT2D eigenvalue weighted by molar-refractivity contribution is 8.13. The number of rotatable bonds is 3. The molecule has 3 rings (SSSR count). The lowest BCUT2D eigenvalue weighted by Gasteiger charge is -2.14. The summed E-state index contributed by atoms with van der Waals surface area (Å²) >= 11 is 1.39. The molecule has 0 unspecified atom stereocenters. The van der Waals surface area contributed by atoms with Crippen LogP contribution < -0.4 is 0 Å². The van der Waals surface area contributed by atoms with E-state index in [0.29, 0.717) is 28.7 Å². The van der Waals surface area contributed by atoms with Crippen molar-refractivity contribution in [3.63, 3.8) is 0 Å². The lowest BCUT2D eigenvalue weighted by Crippen LogP contribution is -2.29. The van der Waals surface area contributed by atoms with Crippen LogP contribution in [0.3, 0.4) is 0 Å². The number of furan rings is 1. The highest BCUT2D eigenvalue weighted by Gasteiger charge is 2.30. The second kappa shape index (κ2) is 6.11. The van der Waals surface area contributed by atoms with E-state index in [9.17, 15) is 9.90 Å². The van der Waals surface area contributed by atoms with Crippen LogP contribution in [0, 0.1) is 0 Å². The number of phenolic OH excluding ortho intramolecular Hbond substituents is 1. The van der Waals surface area contributed by atoms with Crippen LogP contribution in [-0.2, 0) is 11.3 Å². The summed E-state index contributed by atoms with van der Waals surface area (Å²) in [5, 5.41) is 10.4. The minimum absolute atomic E-state index is 0.119. The quantitative estimate of drug-likeness (QED) is 0.884. The number of benzene rings is 1. The first-order valence-corrected chi connectivity index (χ1v) is 7.88. The Hall–Kier alpha value is -2.47. The number of thioether (sulfide) groups is 1. The summed E-state index contributed by atoms with van der Waals surface area (Å²) in [6, 6.07) is 10.4. The molecule has 0 bridgehead atoms. The lowest BCUT2D eigenvalue weighted by atomic mass is 10.1. The van der Waals surface area contributed by atoms with Crippen LogP contribution in [0.15, 0.2) is 57.8 Å². The molecule has 1 N–H and O–H groups in total. The molecule has 1 aliphatic rings. The fourth-order valence-electron chi connectivity index (χ4n) is 2.14. The van der Waals surface area contributed by atoms with Gasteiger partial charge in [-0.3, -0.25) is 9.69 Å². The van der Waals surface area contributed by atoms with Gasteiger partial charge in [0.15, 0.2) is 5.17 Å². The Morgan fingerprint density at radius 3 is 2.82 bits per heavy atom. The van der Waals surface area contributed by atoms with Crippen LogP contribution in [0.25, 0.3) is 6.08 Å². The summed E-state index contributed by atoms with van der Waals surface area (Å²) in [6.07, 6.45) is 5.03. The molecular formula is C16H14N2O3S. The van der Waals surface area contributed by atoms with Crippen molar-refractivity contribution in [1.82, 2.24) is 4.90 Å². The zero-order valence-electron chi connectivity index (χ0n) is 11.9. The van der Waals surface area contributed by atoms with E-state index in [-0.39, 0.29) is 11.7 Å². The largest absolute Gasteiger partial charge is 0.507 e. The van der Waals surface area contributed by atoms with Crippen LogP contribution in [0.2, 0.25) is 0 Å². The third-order valence-corrected chi connectivity index (χ3v) is 3.89. The SMILES string of the molecule is CSC1=N/C(=C/c2ccccc2O)C(=O)N1Cc1ccco1. The summed E-state index contributed by atoms with van der Waals surface area (Å²) in [5.41, 5.74) is 0.868. The van der Waals surface area contributed by atoms with Crippen molar-refractivity contribution in [3.05, 3.63) is 59.7 Å². The standard InChI is InChI=1S/C16H14N2O3S/c1-22-16-17-13(9-11-5-2-3-7-14(11)19)15(20)18(16)10-12-6-4-8-21-12/h2-9,19H,10H2,1H3/b13-9+. The number of amidine groups is 1. The van der Waals surface area contributed by atoms with Gasteiger partial charge in [-0.1, -0.05) is 30.0 Å². The molecule has 5 nitrogen and oxygen atoms in total. The molecule has 0 saturated heterocycles. The molecule has 112 valence electrons. The number of hydrogen-bond donors (Lipinski definition) is 1. The molecular weight excluding hydrogens is 300 g/mol. The van der Waals surface area contributed by atoms with Crippen LogP contribution in [0.1, 0.15) is 11.3 Å². The molecule has 0 spiro atoms. The fourth-order valence-corrected chi connectivity index (χ4v) is 2.70. The van der Waals surface area contributed by atoms with Gasteiger partial charge in [-0.15, -0.1) is 0 Å². The maximum atomic E-state index is 12.5. The average Bonchev–Trinajstić information content (AvgIpc) is 3.13. The van der Waals surface area contributed by atoms with Gasteiger partial charge in [-0.05, 0) is 30.5 Å². The number of carbonyl (C=O) groups excluding carboxylic acids is 1. The normalized spacial score (nSPS) is 16.4. The average molecular weight is 314 g/mol. The smallest absolute Gasteiger partial charge is 0.278 e. The molecule has 0 radical (unpaired) electrons. The maximum Gasteiger partial charge on any atom is 0.278 e. The zero-order chi connectivity index (χ0) is 15.5. The van der Waals surface area contributed by atoms with Gasteiger partial charge >= 0.3 is 0 Å². The molecule has 6 heteroatoms. The predicted molar refractivity (Wildman–Crippen MR) is 86.3 cm³/mol. The molecule has 0 atom stereocenters. The number of para-hydroxylation sites is 1. The Kier molecular flexibility index (Phi) is 4.02. The van der Waals surface area contributed by atoms with E-state index in [1.807, 2.05) is 12.3 Å². The van der Waals surface area contributed by atoms with E-state index in [0.717, 1.165) is 0 Å². The number of carbonyl (C=O) groups is 1. The third-order valence-electron chi connectivity index (χ3n) is 3.22. The van der Waals surface area contributed by atoms with Crippen molar-refractivity contribution in [1.29, 1.82) is 0 Å². The number of phenols is 1. The Bertz CT molecular complexity index is 751. The minimum atomic E-state index is -0.205. The van der Waals surface area contributed by atoms with Crippen molar-refractivity contribution in [2.75, 3.05) is 6.26 Å². The van der Waals surface area contributed by atoms with Gasteiger partial charge in [0.2, 0.25) is 0 Å². The first-order chi connectivity index (χ1) is 10.7. The lowest BCUT2D eigenvalue weighted by molar-refractivity contribution is -0.123. The molecule has 1 aromatic heterocycles. The first-order valence-electron chi connectivity index (χ1n) is 6.65. The zero-order valence-corrected chi connectivity index (χ0v) is 12.7. The number of aromatic hydroxyl groups is 1. The van der Waals surface area contributed by atoms with E-state index in [1.165, 1.54) is 11.8 Å². The first kappa shape index (κ1) is 14.5. The van der Waals surface area contributed by atoms with E-state index in [4.69, 9.17) is 4.42 Å². The molecule has 1 amide bonds. The Labute approximate surface area is 132 Å². The van der Waals surface area contributed by atoms with Crippen molar-refractivity contribution in [2.24, 2.45) is 4.99 Å². The summed E-state index contributed by atoms with van der Waals surface area (Å²) in [5.74, 6) is 0.607. The highest BCUT2D eigenvalue weighted by atomic mass is 32.2. The number of nitrogens with zero attached hydrogens (tertiary/aromatic N) is 2. The highest BCUT2D eigenvalue weighted by Crippen LogP contribution is 2.27. The van der Waals surface area contributed by atoms with Crippen LogP contribution in [0.4, 0.5) is 0 Å². The molecule has 22 heavy (non-hydrogen) atoms. The topological polar surface area (TPSA) is 66.0 Å². The van der Waals surface area contributed by atoms with Gasteiger partial charge in [0.25, 0.3) is 5.91 Å². The number of hydrogen-bond acceptors (Lipinski definition) is 5. The monoisotopic (exact) mass is 314 g/mol. The summed E-state index contributed by atoms with van der Waals surface area (Å²) in [7, 11) is 0. The van der Waals surface area contributed by atoms with E-state index < -0.39 is 0 Å². The molecule has 1 aromatic carbocycles. The second-order valence-corrected chi connectivity index (χ2v) is 5.43. The van der Waals surface area contributed by atoms with Gasteiger partial charge in [0.05, 0.1) is 12.8 Å².